The van der Waals surface area contributed by atoms with Crippen molar-refractivity contribution in [1.29, 1.82) is 0 Å². The van der Waals surface area contributed by atoms with E-state index in [-0.39, 0.29) is 35.4 Å². The van der Waals surface area contributed by atoms with Gasteiger partial charge in [0.15, 0.2) is 17.3 Å². The zero-order valence-electron chi connectivity index (χ0n) is 21.8. The van der Waals surface area contributed by atoms with Gasteiger partial charge in [-0.2, -0.15) is 0 Å². The summed E-state index contributed by atoms with van der Waals surface area (Å²) in [5.41, 5.74) is 6.11. The Bertz CT molecular complexity index is 1210. The SMILES string of the molecule is Nc1nn2cc(F)cnc2c1C(=O)NC1CNCC(F)C1N1CCC(C(=O)N2CCN(C3COC3)CC2)CC1. The first-order chi connectivity index (χ1) is 18.9. The third-order valence-corrected chi connectivity index (χ3v) is 8.56. The van der Waals surface area contributed by atoms with Gasteiger partial charge in [-0.25, -0.2) is 18.3 Å². The Labute approximate surface area is 224 Å². The Morgan fingerprint density at radius 1 is 1.08 bits per heavy atom. The van der Waals surface area contributed by atoms with Crippen molar-refractivity contribution in [3.63, 3.8) is 0 Å². The average molecular weight is 548 g/mol. The van der Waals surface area contributed by atoms with Gasteiger partial charge in [0, 0.05) is 45.2 Å². The fourth-order valence-corrected chi connectivity index (χ4v) is 6.32. The molecule has 4 aliphatic rings. The number of rotatable bonds is 5. The molecule has 2 amide bonds. The number of fused-ring (bicyclic) bond motifs is 1. The largest absolute Gasteiger partial charge is 0.381 e. The molecule has 0 bridgehead atoms. The Kier molecular flexibility index (Phi) is 7.35. The predicted molar refractivity (Wildman–Crippen MR) is 137 cm³/mol. The zero-order chi connectivity index (χ0) is 27.1. The lowest BCUT2D eigenvalue weighted by molar-refractivity contribution is -0.141. The van der Waals surface area contributed by atoms with Crippen LogP contribution >= 0.6 is 0 Å². The zero-order valence-corrected chi connectivity index (χ0v) is 21.8. The number of piperazine rings is 1. The number of likely N-dealkylation sites (tertiary alicyclic amines) is 1. The van der Waals surface area contributed by atoms with E-state index in [0.29, 0.717) is 38.5 Å². The molecule has 2 aromatic heterocycles. The van der Waals surface area contributed by atoms with E-state index in [4.69, 9.17) is 10.5 Å². The molecule has 4 aliphatic heterocycles. The number of anilines is 1. The number of hydrogen-bond acceptors (Lipinski definition) is 9. The first-order valence-corrected chi connectivity index (χ1v) is 13.7. The molecule has 0 spiro atoms. The summed E-state index contributed by atoms with van der Waals surface area (Å²) in [7, 11) is 0. The van der Waals surface area contributed by atoms with E-state index in [1.165, 1.54) is 0 Å². The van der Waals surface area contributed by atoms with Crippen LogP contribution in [0.4, 0.5) is 14.6 Å². The van der Waals surface area contributed by atoms with Crippen LogP contribution in [0, 0.1) is 11.7 Å². The molecule has 2 aromatic rings. The summed E-state index contributed by atoms with van der Waals surface area (Å²) >= 11 is 0. The van der Waals surface area contributed by atoms with Gasteiger partial charge in [-0.3, -0.25) is 19.4 Å². The van der Waals surface area contributed by atoms with Crippen LogP contribution in [0.25, 0.3) is 5.65 Å². The van der Waals surface area contributed by atoms with Gasteiger partial charge < -0.3 is 26.0 Å². The minimum Gasteiger partial charge on any atom is -0.381 e. The molecule has 0 aliphatic carbocycles. The van der Waals surface area contributed by atoms with Crippen molar-refractivity contribution in [1.82, 2.24) is 39.9 Å². The molecule has 6 rings (SSSR count). The number of halogens is 2. The standard InChI is InChI=1S/C25H35F2N9O3/c26-16-9-30-23-20(22(28)32-36(23)12-16)24(37)31-19-11-29-10-18(27)21(19)34-3-1-15(2-4-34)25(38)35-7-5-33(6-8-35)17-13-39-14-17/h9,12,15,17-19,21,29H,1-8,10-11,13-14H2,(H2,28,32)(H,31,37). The Balaban J connectivity index is 1.07. The number of piperidine rings is 2. The van der Waals surface area contributed by atoms with E-state index in [1.807, 2.05) is 4.90 Å². The summed E-state index contributed by atoms with van der Waals surface area (Å²) in [6.45, 7) is 6.50. The maximum absolute atomic E-state index is 15.3. The van der Waals surface area contributed by atoms with Crippen LogP contribution in [0.1, 0.15) is 23.2 Å². The number of amides is 2. The topological polar surface area (TPSA) is 133 Å². The van der Waals surface area contributed by atoms with Gasteiger partial charge in [0.1, 0.15) is 11.7 Å². The van der Waals surface area contributed by atoms with Gasteiger partial charge in [0.05, 0.1) is 43.7 Å². The smallest absolute Gasteiger partial charge is 0.259 e. The number of ether oxygens (including phenoxy) is 1. The van der Waals surface area contributed by atoms with Gasteiger partial charge in [0.2, 0.25) is 5.91 Å². The van der Waals surface area contributed by atoms with Crippen molar-refractivity contribution >= 4 is 23.3 Å². The van der Waals surface area contributed by atoms with Crippen molar-refractivity contribution < 1.29 is 23.1 Å². The molecular formula is C25H35F2N9O3. The fraction of sp³-hybridized carbons (Fsp3) is 0.680. The summed E-state index contributed by atoms with van der Waals surface area (Å²) in [4.78, 5) is 36.9. The van der Waals surface area contributed by atoms with Crippen LogP contribution in [0.3, 0.4) is 0 Å². The normalized spacial score (nSPS) is 27.9. The van der Waals surface area contributed by atoms with Crippen molar-refractivity contribution in [2.75, 3.05) is 71.3 Å². The summed E-state index contributed by atoms with van der Waals surface area (Å²) in [5, 5.41) is 9.95. The predicted octanol–water partition coefficient (Wildman–Crippen LogP) is -0.886. The number of alkyl halides is 1. The third kappa shape index (κ3) is 5.17. The highest BCUT2D eigenvalue weighted by molar-refractivity contribution is 6.04. The molecule has 4 fully saturated rings. The van der Waals surface area contributed by atoms with Crippen molar-refractivity contribution in [3.8, 4) is 0 Å². The number of nitrogens with one attached hydrogen (secondary N) is 2. The lowest BCUT2D eigenvalue weighted by Gasteiger charge is -2.46. The number of nitrogens with two attached hydrogens (primary N) is 1. The molecule has 39 heavy (non-hydrogen) atoms. The number of nitrogens with zero attached hydrogens (tertiary/aromatic N) is 6. The summed E-state index contributed by atoms with van der Waals surface area (Å²) < 4.78 is 35.3. The minimum absolute atomic E-state index is 0.0315. The van der Waals surface area contributed by atoms with Crippen LogP contribution in [-0.2, 0) is 9.53 Å². The lowest BCUT2D eigenvalue weighted by Crippen LogP contribution is -2.66. The first kappa shape index (κ1) is 26.3. The second kappa shape index (κ2) is 10.9. The maximum atomic E-state index is 15.3. The molecular weight excluding hydrogens is 512 g/mol. The summed E-state index contributed by atoms with van der Waals surface area (Å²) in [6.07, 6.45) is 2.19. The van der Waals surface area contributed by atoms with E-state index in [0.717, 1.165) is 56.3 Å². The van der Waals surface area contributed by atoms with Crippen LogP contribution in [0.2, 0.25) is 0 Å². The first-order valence-electron chi connectivity index (χ1n) is 13.7. The molecule has 14 heteroatoms. The number of carbonyl (C=O) groups is 2. The minimum atomic E-state index is -1.20. The quantitative estimate of drug-likeness (QED) is 0.436. The molecule has 6 heterocycles. The lowest BCUT2D eigenvalue weighted by atomic mass is 9.90. The van der Waals surface area contributed by atoms with E-state index < -0.39 is 30.0 Å². The van der Waals surface area contributed by atoms with Crippen molar-refractivity contribution in [2.45, 2.75) is 37.1 Å². The van der Waals surface area contributed by atoms with Gasteiger partial charge in [-0.05, 0) is 25.9 Å². The highest BCUT2D eigenvalue weighted by Gasteiger charge is 2.42. The van der Waals surface area contributed by atoms with Crippen molar-refractivity contribution in [3.05, 3.63) is 23.8 Å². The second-order valence-electron chi connectivity index (χ2n) is 10.9. The van der Waals surface area contributed by atoms with Gasteiger partial charge in [-0.15, -0.1) is 5.10 Å². The fourth-order valence-electron chi connectivity index (χ4n) is 6.32. The second-order valence-corrected chi connectivity index (χ2v) is 10.9. The highest BCUT2D eigenvalue weighted by Crippen LogP contribution is 2.27. The van der Waals surface area contributed by atoms with E-state index in [9.17, 15) is 14.0 Å². The van der Waals surface area contributed by atoms with Crippen LogP contribution in [-0.4, -0.2) is 131 Å². The number of hydrogen-bond donors (Lipinski definition) is 3. The molecule has 0 radical (unpaired) electrons. The average Bonchev–Trinajstić information content (AvgIpc) is 3.23. The molecule has 4 N–H and O–H groups in total. The highest BCUT2D eigenvalue weighted by atomic mass is 19.1. The van der Waals surface area contributed by atoms with Crippen molar-refractivity contribution in [2.24, 2.45) is 5.92 Å². The van der Waals surface area contributed by atoms with Crippen LogP contribution in [0.15, 0.2) is 12.4 Å². The molecule has 0 saturated carbocycles. The Hall–Kier alpha value is -2.94. The van der Waals surface area contributed by atoms with E-state index in [1.54, 1.807) is 0 Å². The van der Waals surface area contributed by atoms with Crippen LogP contribution in [0.5, 0.6) is 0 Å². The molecule has 12 nitrogen and oxygen atoms in total. The molecule has 4 saturated heterocycles. The molecule has 212 valence electrons. The molecule has 3 atom stereocenters. The third-order valence-electron chi connectivity index (χ3n) is 8.56. The number of carbonyl (C=O) groups excluding carboxylic acids is 2. The van der Waals surface area contributed by atoms with Gasteiger partial charge in [0.25, 0.3) is 5.91 Å². The number of aromatic nitrogens is 3. The van der Waals surface area contributed by atoms with Gasteiger partial charge in [-0.1, -0.05) is 0 Å². The Morgan fingerprint density at radius 2 is 1.82 bits per heavy atom. The van der Waals surface area contributed by atoms with E-state index >= 15 is 4.39 Å². The number of nitrogen functional groups attached to an aromatic ring is 1. The van der Waals surface area contributed by atoms with Crippen LogP contribution < -0.4 is 16.4 Å². The van der Waals surface area contributed by atoms with Gasteiger partial charge >= 0.3 is 0 Å². The summed E-state index contributed by atoms with van der Waals surface area (Å²) in [5.74, 6) is -1.10. The monoisotopic (exact) mass is 547 g/mol. The Morgan fingerprint density at radius 3 is 2.51 bits per heavy atom. The molecule has 0 aromatic carbocycles. The molecule has 3 unspecified atom stereocenters. The van der Waals surface area contributed by atoms with E-state index in [2.05, 4.69) is 30.5 Å². The summed E-state index contributed by atoms with van der Waals surface area (Å²) in [6, 6.07) is -0.596. The maximum Gasteiger partial charge on any atom is 0.259 e.